The van der Waals surface area contributed by atoms with E-state index in [1.165, 1.54) is 6.92 Å². The fourth-order valence-corrected chi connectivity index (χ4v) is 4.07. The molecule has 1 aromatic carbocycles. The van der Waals surface area contributed by atoms with Crippen LogP contribution in [0.4, 0.5) is 0 Å². The van der Waals surface area contributed by atoms with Gasteiger partial charge in [0.1, 0.15) is 18.1 Å². The molecule has 0 spiro atoms. The van der Waals surface area contributed by atoms with Crippen molar-refractivity contribution in [1.29, 1.82) is 0 Å². The number of carbonyl (C=O) groups excluding carboxylic acids is 3. The van der Waals surface area contributed by atoms with E-state index in [4.69, 9.17) is 11.5 Å². The van der Waals surface area contributed by atoms with Gasteiger partial charge in [-0.1, -0.05) is 38.5 Å². The summed E-state index contributed by atoms with van der Waals surface area (Å²) in [6, 6.07) is 2.78. The number of rotatable bonds is 15. The molecule has 3 amide bonds. The molecule has 1 heterocycles. The van der Waals surface area contributed by atoms with Gasteiger partial charge in [0.25, 0.3) is 0 Å². The molecule has 5 atom stereocenters. The lowest BCUT2D eigenvalue weighted by molar-refractivity contribution is -0.142. The summed E-state index contributed by atoms with van der Waals surface area (Å²) in [6.07, 6.45) is 2.14. The van der Waals surface area contributed by atoms with Gasteiger partial charge in [-0.05, 0) is 43.9 Å². The van der Waals surface area contributed by atoms with Gasteiger partial charge in [-0.15, -0.1) is 0 Å². The lowest BCUT2D eigenvalue weighted by atomic mass is 10.00. The summed E-state index contributed by atoms with van der Waals surface area (Å²) < 4.78 is 0. The SMILES string of the molecule is CC(C)C(NC(=O)C(NC(=O)C(N)CCCCN)C(C)O)C(=O)NC(Cc1c[nH]c2ccccc12)C(=O)O. The molecule has 2 rings (SSSR count). The number of fused-ring (bicyclic) bond motifs is 1. The van der Waals surface area contributed by atoms with Gasteiger partial charge >= 0.3 is 5.97 Å². The van der Waals surface area contributed by atoms with Gasteiger partial charge in [-0.25, -0.2) is 4.79 Å². The maximum absolute atomic E-state index is 13.1. The topological polar surface area (TPSA) is 213 Å². The molecule has 0 aliphatic heterocycles. The first-order valence-electron chi connectivity index (χ1n) is 12.8. The number of nitrogens with two attached hydrogens (primary N) is 2. The Morgan fingerprint density at radius 2 is 1.58 bits per heavy atom. The van der Waals surface area contributed by atoms with Crippen molar-refractivity contribution in [1.82, 2.24) is 20.9 Å². The van der Waals surface area contributed by atoms with Crippen LogP contribution in [-0.2, 0) is 25.6 Å². The van der Waals surface area contributed by atoms with Crippen LogP contribution in [0.2, 0.25) is 0 Å². The molecule has 0 aliphatic rings. The van der Waals surface area contributed by atoms with Crippen LogP contribution in [0, 0.1) is 5.92 Å². The average molecular weight is 533 g/mol. The number of aromatic amines is 1. The number of para-hydroxylation sites is 1. The molecule has 0 radical (unpaired) electrons. The average Bonchev–Trinajstić information content (AvgIpc) is 3.27. The Kier molecular flexibility index (Phi) is 11.7. The lowest BCUT2D eigenvalue weighted by Gasteiger charge is -2.28. The number of H-pyrrole nitrogens is 1. The molecule has 5 unspecified atom stereocenters. The van der Waals surface area contributed by atoms with Gasteiger partial charge in [-0.3, -0.25) is 14.4 Å². The van der Waals surface area contributed by atoms with Crippen molar-refractivity contribution in [3.05, 3.63) is 36.0 Å². The van der Waals surface area contributed by atoms with E-state index >= 15 is 0 Å². The van der Waals surface area contributed by atoms with Crippen LogP contribution >= 0.6 is 0 Å². The van der Waals surface area contributed by atoms with Gasteiger partial charge in [-0.2, -0.15) is 0 Å². The Balaban J connectivity index is 2.10. The number of carboxylic acid groups (broad SMARTS) is 1. The Morgan fingerprint density at radius 1 is 0.947 bits per heavy atom. The van der Waals surface area contributed by atoms with Crippen molar-refractivity contribution in [2.75, 3.05) is 6.54 Å². The molecule has 12 heteroatoms. The molecule has 0 aliphatic carbocycles. The van der Waals surface area contributed by atoms with E-state index in [0.717, 1.165) is 16.5 Å². The van der Waals surface area contributed by atoms with Crippen LogP contribution in [-0.4, -0.2) is 75.7 Å². The first-order chi connectivity index (χ1) is 18.0. The molecule has 12 nitrogen and oxygen atoms in total. The third kappa shape index (κ3) is 8.54. The van der Waals surface area contributed by atoms with Crippen molar-refractivity contribution >= 4 is 34.6 Å². The number of carbonyl (C=O) groups is 4. The summed E-state index contributed by atoms with van der Waals surface area (Å²) in [7, 11) is 0. The molecule has 1 aromatic heterocycles. The highest BCUT2D eigenvalue weighted by Gasteiger charge is 2.33. The smallest absolute Gasteiger partial charge is 0.326 e. The van der Waals surface area contributed by atoms with Crippen molar-refractivity contribution in [2.24, 2.45) is 17.4 Å². The molecule has 0 fully saturated rings. The number of aromatic nitrogens is 1. The predicted molar refractivity (Wildman–Crippen MR) is 143 cm³/mol. The summed E-state index contributed by atoms with van der Waals surface area (Å²) in [5.74, 6) is -3.76. The fraction of sp³-hybridized carbons (Fsp3) is 0.538. The minimum atomic E-state index is -1.36. The largest absolute Gasteiger partial charge is 0.480 e. The van der Waals surface area contributed by atoms with E-state index in [9.17, 15) is 29.4 Å². The van der Waals surface area contributed by atoms with Crippen LogP contribution in [0.25, 0.3) is 10.9 Å². The summed E-state index contributed by atoms with van der Waals surface area (Å²) in [4.78, 5) is 53.6. The monoisotopic (exact) mass is 532 g/mol. The summed E-state index contributed by atoms with van der Waals surface area (Å²) in [6.45, 7) is 5.17. The van der Waals surface area contributed by atoms with Crippen LogP contribution in [0.5, 0.6) is 0 Å². The Bertz CT molecular complexity index is 1100. The second kappa shape index (κ2) is 14.5. The molecule has 2 aromatic rings. The summed E-state index contributed by atoms with van der Waals surface area (Å²) >= 11 is 0. The zero-order chi connectivity index (χ0) is 28.4. The van der Waals surface area contributed by atoms with Gasteiger partial charge < -0.3 is 42.6 Å². The normalized spacial score (nSPS) is 15.3. The third-order valence-corrected chi connectivity index (χ3v) is 6.33. The fourth-order valence-electron chi connectivity index (χ4n) is 4.07. The number of carboxylic acids is 1. The molecule has 0 saturated heterocycles. The number of unbranched alkanes of at least 4 members (excludes halogenated alkanes) is 1. The zero-order valence-corrected chi connectivity index (χ0v) is 22.1. The van der Waals surface area contributed by atoms with Crippen molar-refractivity contribution in [3.8, 4) is 0 Å². The molecular weight excluding hydrogens is 492 g/mol. The number of aliphatic carboxylic acids is 1. The predicted octanol–water partition coefficient (Wildman–Crippen LogP) is -0.257. The number of aliphatic hydroxyl groups excluding tert-OH is 1. The quantitative estimate of drug-likeness (QED) is 0.143. The number of amides is 3. The van der Waals surface area contributed by atoms with Crippen LogP contribution in [0.3, 0.4) is 0 Å². The minimum absolute atomic E-state index is 0.0260. The maximum atomic E-state index is 13.1. The highest BCUT2D eigenvalue weighted by molar-refractivity contribution is 5.94. The van der Waals surface area contributed by atoms with Gasteiger partial charge in [0.15, 0.2) is 0 Å². The van der Waals surface area contributed by atoms with E-state index < -0.39 is 59.9 Å². The standard InChI is InChI=1S/C26H40N6O6/c1-14(2)21(31-25(36)22(15(3)33)32-23(34)18(28)9-6-7-11-27)24(35)30-20(26(37)38)12-16-13-29-19-10-5-4-8-17(16)19/h4-5,8,10,13-15,18,20-22,29,33H,6-7,9,11-12,27-28H2,1-3H3,(H,30,35)(H,31,36)(H,32,34)(H,37,38). The Labute approximate surface area is 221 Å². The van der Waals surface area contributed by atoms with Crippen molar-refractivity contribution < 1.29 is 29.4 Å². The van der Waals surface area contributed by atoms with Gasteiger partial charge in [0.2, 0.25) is 17.7 Å². The number of benzene rings is 1. The maximum Gasteiger partial charge on any atom is 0.326 e. The molecule has 210 valence electrons. The van der Waals surface area contributed by atoms with Crippen molar-refractivity contribution in [3.63, 3.8) is 0 Å². The van der Waals surface area contributed by atoms with Crippen LogP contribution < -0.4 is 27.4 Å². The molecule has 0 bridgehead atoms. The van der Waals surface area contributed by atoms with E-state index in [2.05, 4.69) is 20.9 Å². The third-order valence-electron chi connectivity index (χ3n) is 6.33. The zero-order valence-electron chi connectivity index (χ0n) is 22.1. The number of hydrogen-bond donors (Lipinski definition) is 8. The Morgan fingerprint density at radius 3 is 2.18 bits per heavy atom. The Hall–Kier alpha value is -3.48. The van der Waals surface area contributed by atoms with Crippen LogP contribution in [0.1, 0.15) is 45.6 Å². The first kappa shape index (κ1) is 30.7. The second-order valence-corrected chi connectivity index (χ2v) is 9.81. The minimum Gasteiger partial charge on any atom is -0.480 e. The highest BCUT2D eigenvalue weighted by Crippen LogP contribution is 2.19. The van der Waals surface area contributed by atoms with Gasteiger partial charge in [0.05, 0.1) is 12.1 Å². The molecule has 0 saturated carbocycles. The number of aliphatic hydroxyl groups is 1. The second-order valence-electron chi connectivity index (χ2n) is 9.81. The number of nitrogens with one attached hydrogen (secondary N) is 4. The highest BCUT2D eigenvalue weighted by atomic mass is 16.4. The van der Waals surface area contributed by atoms with E-state index in [1.807, 2.05) is 24.3 Å². The summed E-state index contributed by atoms with van der Waals surface area (Å²) in [5.41, 5.74) is 12.9. The molecule has 10 N–H and O–H groups in total. The van der Waals surface area contributed by atoms with E-state index in [0.29, 0.717) is 25.8 Å². The molecule has 38 heavy (non-hydrogen) atoms. The van der Waals surface area contributed by atoms with E-state index in [-0.39, 0.29) is 6.42 Å². The van der Waals surface area contributed by atoms with Crippen LogP contribution in [0.15, 0.2) is 30.5 Å². The lowest BCUT2D eigenvalue weighted by Crippen LogP contribution is -2.60. The van der Waals surface area contributed by atoms with Gasteiger partial charge in [0, 0.05) is 23.5 Å². The van der Waals surface area contributed by atoms with E-state index in [1.54, 1.807) is 20.0 Å². The number of hydrogen-bond acceptors (Lipinski definition) is 7. The molecular formula is C26H40N6O6. The first-order valence-corrected chi connectivity index (χ1v) is 12.8. The van der Waals surface area contributed by atoms with Crippen molar-refractivity contribution in [2.45, 2.75) is 76.7 Å². The summed E-state index contributed by atoms with van der Waals surface area (Å²) in [5, 5.41) is 28.3.